The first-order valence-electron chi connectivity index (χ1n) is 6.09. The number of likely N-dealkylation sites (tertiary alicyclic amines) is 1. The van der Waals surface area contributed by atoms with Crippen LogP contribution in [0.5, 0.6) is 0 Å². The Kier molecular flexibility index (Phi) is 3.04. The number of hydrogen-bond acceptors (Lipinski definition) is 2. The van der Waals surface area contributed by atoms with Gasteiger partial charge in [0.25, 0.3) is 0 Å². The summed E-state index contributed by atoms with van der Waals surface area (Å²) >= 11 is 5.98. The van der Waals surface area contributed by atoms with Gasteiger partial charge < -0.3 is 4.40 Å². The maximum atomic E-state index is 5.98. The van der Waals surface area contributed by atoms with Gasteiger partial charge in [0.15, 0.2) is 0 Å². The zero-order valence-corrected chi connectivity index (χ0v) is 10.5. The van der Waals surface area contributed by atoms with Gasteiger partial charge in [-0.05, 0) is 31.5 Å². The molecule has 0 N–H and O–H groups in total. The fourth-order valence-electron chi connectivity index (χ4n) is 2.55. The third kappa shape index (κ3) is 2.17. The SMILES string of the molecule is ClCC1CCCN1Cc1cn2ccccc2n1. The van der Waals surface area contributed by atoms with Crippen molar-refractivity contribution in [3.05, 3.63) is 36.3 Å². The number of rotatable bonds is 3. The average molecular weight is 250 g/mol. The van der Waals surface area contributed by atoms with Crippen LogP contribution >= 0.6 is 11.6 Å². The van der Waals surface area contributed by atoms with Gasteiger partial charge in [0.1, 0.15) is 5.65 Å². The summed E-state index contributed by atoms with van der Waals surface area (Å²) in [5.41, 5.74) is 2.15. The predicted molar refractivity (Wildman–Crippen MR) is 69.3 cm³/mol. The van der Waals surface area contributed by atoms with Crippen molar-refractivity contribution in [2.75, 3.05) is 12.4 Å². The number of hydrogen-bond donors (Lipinski definition) is 0. The standard InChI is InChI=1S/C13H16ClN3/c14-8-12-4-3-7-16(12)9-11-10-17-6-2-1-5-13(17)15-11/h1-2,5-6,10,12H,3-4,7-9H2. The first-order valence-corrected chi connectivity index (χ1v) is 6.63. The Morgan fingerprint density at radius 2 is 2.35 bits per heavy atom. The van der Waals surface area contributed by atoms with E-state index in [1.165, 1.54) is 12.8 Å². The smallest absolute Gasteiger partial charge is 0.137 e. The maximum Gasteiger partial charge on any atom is 0.137 e. The molecule has 2 aromatic heterocycles. The highest BCUT2D eigenvalue weighted by molar-refractivity contribution is 6.18. The molecule has 1 atom stereocenters. The minimum atomic E-state index is 0.529. The molecule has 1 fully saturated rings. The van der Waals surface area contributed by atoms with Crippen molar-refractivity contribution in [3.63, 3.8) is 0 Å². The van der Waals surface area contributed by atoms with Crippen molar-refractivity contribution in [2.45, 2.75) is 25.4 Å². The molecule has 2 aromatic rings. The molecule has 1 saturated heterocycles. The molecule has 1 aliphatic rings. The minimum absolute atomic E-state index is 0.529. The number of halogens is 1. The fraction of sp³-hybridized carbons (Fsp3) is 0.462. The Bertz CT molecular complexity index is 475. The Hall–Kier alpha value is -1.06. The lowest BCUT2D eigenvalue weighted by molar-refractivity contribution is 0.260. The Morgan fingerprint density at radius 3 is 3.18 bits per heavy atom. The van der Waals surface area contributed by atoms with Crippen molar-refractivity contribution in [3.8, 4) is 0 Å². The third-order valence-corrected chi connectivity index (χ3v) is 3.81. The zero-order valence-electron chi connectivity index (χ0n) is 9.72. The number of alkyl halides is 1. The molecule has 3 nitrogen and oxygen atoms in total. The summed E-state index contributed by atoms with van der Waals surface area (Å²) in [5, 5.41) is 0. The van der Waals surface area contributed by atoms with Gasteiger partial charge in [-0.3, -0.25) is 4.90 Å². The topological polar surface area (TPSA) is 20.5 Å². The van der Waals surface area contributed by atoms with Crippen molar-refractivity contribution in [2.24, 2.45) is 0 Å². The molecule has 0 bridgehead atoms. The van der Waals surface area contributed by atoms with Gasteiger partial charge in [-0.2, -0.15) is 0 Å². The molecule has 0 aromatic carbocycles. The molecule has 0 spiro atoms. The van der Waals surface area contributed by atoms with Crippen LogP contribution in [-0.4, -0.2) is 32.8 Å². The van der Waals surface area contributed by atoms with Crippen LogP contribution in [0.2, 0.25) is 0 Å². The molecule has 0 aliphatic carbocycles. The lowest BCUT2D eigenvalue weighted by Gasteiger charge is -2.20. The second-order valence-electron chi connectivity index (χ2n) is 4.62. The summed E-state index contributed by atoms with van der Waals surface area (Å²) in [7, 11) is 0. The van der Waals surface area contributed by atoms with E-state index in [0.29, 0.717) is 6.04 Å². The summed E-state index contributed by atoms with van der Waals surface area (Å²) in [6.45, 7) is 2.06. The van der Waals surface area contributed by atoms with Gasteiger partial charge in [-0.25, -0.2) is 4.98 Å². The molecule has 3 rings (SSSR count). The van der Waals surface area contributed by atoms with Crippen molar-refractivity contribution in [1.29, 1.82) is 0 Å². The molecule has 4 heteroatoms. The van der Waals surface area contributed by atoms with Crippen LogP contribution in [0.15, 0.2) is 30.6 Å². The van der Waals surface area contributed by atoms with Crippen LogP contribution in [0.1, 0.15) is 18.5 Å². The highest BCUT2D eigenvalue weighted by Crippen LogP contribution is 2.20. The van der Waals surface area contributed by atoms with E-state index in [9.17, 15) is 0 Å². The number of fused-ring (bicyclic) bond motifs is 1. The summed E-state index contributed by atoms with van der Waals surface area (Å²) in [4.78, 5) is 7.06. The second kappa shape index (κ2) is 4.67. The van der Waals surface area contributed by atoms with Gasteiger partial charge in [0.05, 0.1) is 5.69 Å². The fourth-order valence-corrected chi connectivity index (χ4v) is 2.90. The molecule has 90 valence electrons. The molecule has 0 amide bonds. The molecule has 0 saturated carbocycles. The number of imidazole rings is 1. The molecular weight excluding hydrogens is 234 g/mol. The largest absolute Gasteiger partial charge is 0.307 e. The predicted octanol–water partition coefficient (Wildman–Crippen LogP) is 2.54. The van der Waals surface area contributed by atoms with E-state index in [4.69, 9.17) is 11.6 Å². The second-order valence-corrected chi connectivity index (χ2v) is 4.93. The highest BCUT2D eigenvalue weighted by atomic mass is 35.5. The van der Waals surface area contributed by atoms with Crippen molar-refractivity contribution in [1.82, 2.24) is 14.3 Å². The van der Waals surface area contributed by atoms with Crippen molar-refractivity contribution < 1.29 is 0 Å². The molecular formula is C13H16ClN3. The Balaban J connectivity index is 1.80. The summed E-state index contributed by atoms with van der Waals surface area (Å²) in [5.74, 6) is 0.730. The summed E-state index contributed by atoms with van der Waals surface area (Å²) < 4.78 is 2.07. The van der Waals surface area contributed by atoms with Crippen LogP contribution in [0.25, 0.3) is 5.65 Å². The van der Waals surface area contributed by atoms with E-state index >= 15 is 0 Å². The third-order valence-electron chi connectivity index (χ3n) is 3.46. The zero-order chi connectivity index (χ0) is 11.7. The van der Waals surface area contributed by atoms with Crippen LogP contribution in [0.3, 0.4) is 0 Å². The van der Waals surface area contributed by atoms with Crippen LogP contribution in [0.4, 0.5) is 0 Å². The van der Waals surface area contributed by atoms with E-state index in [1.54, 1.807) is 0 Å². The number of pyridine rings is 1. The van der Waals surface area contributed by atoms with E-state index in [2.05, 4.69) is 20.5 Å². The van der Waals surface area contributed by atoms with Crippen LogP contribution < -0.4 is 0 Å². The van der Waals surface area contributed by atoms with E-state index < -0.39 is 0 Å². The molecule has 3 heterocycles. The molecule has 0 radical (unpaired) electrons. The number of nitrogens with zero attached hydrogens (tertiary/aromatic N) is 3. The number of aromatic nitrogens is 2. The normalized spacial score (nSPS) is 21.4. The van der Waals surface area contributed by atoms with E-state index in [1.807, 2.05) is 24.4 Å². The summed E-state index contributed by atoms with van der Waals surface area (Å²) in [6, 6.07) is 6.60. The van der Waals surface area contributed by atoms with Gasteiger partial charge in [-0.15, -0.1) is 11.6 Å². The maximum absolute atomic E-state index is 5.98. The average Bonchev–Trinajstić information content (AvgIpc) is 2.94. The highest BCUT2D eigenvalue weighted by Gasteiger charge is 2.24. The van der Waals surface area contributed by atoms with Gasteiger partial charge in [0, 0.05) is 30.9 Å². The van der Waals surface area contributed by atoms with E-state index in [0.717, 1.165) is 30.3 Å². The van der Waals surface area contributed by atoms with Gasteiger partial charge in [0.2, 0.25) is 0 Å². The van der Waals surface area contributed by atoms with Crippen LogP contribution in [0, 0.1) is 0 Å². The Morgan fingerprint density at radius 1 is 1.41 bits per heavy atom. The van der Waals surface area contributed by atoms with Gasteiger partial charge >= 0.3 is 0 Å². The van der Waals surface area contributed by atoms with Crippen LogP contribution in [-0.2, 0) is 6.54 Å². The van der Waals surface area contributed by atoms with Gasteiger partial charge in [-0.1, -0.05) is 6.07 Å². The molecule has 17 heavy (non-hydrogen) atoms. The lowest BCUT2D eigenvalue weighted by atomic mass is 10.2. The quantitative estimate of drug-likeness (QED) is 0.780. The molecule has 1 unspecified atom stereocenters. The first-order chi connectivity index (χ1) is 8.36. The van der Waals surface area contributed by atoms with Crippen molar-refractivity contribution >= 4 is 17.2 Å². The molecule has 1 aliphatic heterocycles. The Labute approximate surface area is 106 Å². The monoisotopic (exact) mass is 249 g/mol. The minimum Gasteiger partial charge on any atom is -0.307 e. The first kappa shape index (κ1) is 11.1. The van der Waals surface area contributed by atoms with E-state index in [-0.39, 0.29) is 0 Å². The lowest BCUT2D eigenvalue weighted by Crippen LogP contribution is -2.30. The summed E-state index contributed by atoms with van der Waals surface area (Å²) in [6.07, 6.45) is 6.62.